The zero-order chi connectivity index (χ0) is 29.9. The van der Waals surface area contributed by atoms with Gasteiger partial charge in [-0.05, 0) is 50.3 Å². The van der Waals surface area contributed by atoms with E-state index in [0.29, 0.717) is 16.6 Å². The van der Waals surface area contributed by atoms with Crippen LogP contribution in [-0.2, 0) is 31.1 Å². The molecule has 3 aromatic rings. The van der Waals surface area contributed by atoms with Crippen LogP contribution in [0.3, 0.4) is 0 Å². The number of aliphatic carboxylic acids is 2. The van der Waals surface area contributed by atoms with E-state index in [1.165, 1.54) is 23.9 Å². The third kappa shape index (κ3) is 6.44. The first-order valence-corrected chi connectivity index (χ1v) is 13.4. The number of carbonyl (C=O) groups excluding carboxylic acids is 2. The van der Waals surface area contributed by atoms with Gasteiger partial charge in [0.2, 0.25) is 11.8 Å². The smallest absolute Gasteiger partial charge is 0.340 e. The van der Waals surface area contributed by atoms with Gasteiger partial charge >= 0.3 is 17.6 Å². The Labute approximate surface area is 234 Å². The van der Waals surface area contributed by atoms with Crippen LogP contribution in [0.15, 0.2) is 33.6 Å². The molecule has 13 heteroatoms. The number of benzene rings is 1. The minimum atomic E-state index is -1.27. The topological polar surface area (TPSA) is 194 Å². The first kappa shape index (κ1) is 29.4. The van der Waals surface area contributed by atoms with E-state index in [1.807, 2.05) is 6.92 Å². The fraction of sp³-hybridized carbons (Fsp3) is 0.464. The van der Waals surface area contributed by atoms with Crippen molar-refractivity contribution in [2.75, 3.05) is 5.32 Å². The minimum absolute atomic E-state index is 0.0322. The fourth-order valence-corrected chi connectivity index (χ4v) is 5.61. The maximum absolute atomic E-state index is 13.3. The number of anilines is 1. The summed E-state index contributed by atoms with van der Waals surface area (Å²) < 4.78 is 6.50. The maximum atomic E-state index is 13.3. The summed E-state index contributed by atoms with van der Waals surface area (Å²) in [5.74, 6) is -3.22. The molecule has 13 nitrogen and oxygen atoms in total. The molecule has 2 aromatic heterocycles. The van der Waals surface area contributed by atoms with Crippen molar-refractivity contribution in [2.24, 2.45) is 5.92 Å². The molecule has 0 bridgehead atoms. The molecule has 1 unspecified atom stereocenters. The number of amides is 2. The van der Waals surface area contributed by atoms with Gasteiger partial charge in [-0.3, -0.25) is 19.2 Å². The number of aryl methyl sites for hydroxylation is 1. The number of fused-ring (bicyclic) bond motifs is 1. The van der Waals surface area contributed by atoms with E-state index in [4.69, 9.17) is 9.52 Å². The third-order valence-corrected chi connectivity index (χ3v) is 7.77. The molecule has 0 radical (unpaired) electrons. The van der Waals surface area contributed by atoms with Gasteiger partial charge in [-0.1, -0.05) is 24.5 Å². The van der Waals surface area contributed by atoms with Crippen LogP contribution in [0.25, 0.3) is 11.0 Å². The van der Waals surface area contributed by atoms with E-state index in [2.05, 4.69) is 20.9 Å². The number of nitrogens with one attached hydrogen (secondary N) is 2. The average Bonchev–Trinajstić information content (AvgIpc) is 3.40. The molecular formula is C28H33N5O8. The Morgan fingerprint density at radius 3 is 2.49 bits per heavy atom. The van der Waals surface area contributed by atoms with E-state index >= 15 is 0 Å². The highest BCUT2D eigenvalue weighted by Gasteiger charge is 2.40. The second-order valence-electron chi connectivity index (χ2n) is 10.7. The molecule has 1 fully saturated rings. The van der Waals surface area contributed by atoms with Gasteiger partial charge in [0.1, 0.15) is 17.3 Å². The van der Waals surface area contributed by atoms with E-state index in [-0.39, 0.29) is 28.7 Å². The summed E-state index contributed by atoms with van der Waals surface area (Å²) in [5.41, 5.74) is -0.349. The predicted octanol–water partition coefficient (Wildman–Crippen LogP) is 2.91. The number of rotatable bonds is 10. The van der Waals surface area contributed by atoms with Gasteiger partial charge in [-0.25, -0.2) is 9.48 Å². The second kappa shape index (κ2) is 11.9. The van der Waals surface area contributed by atoms with Crippen molar-refractivity contribution in [2.45, 2.75) is 77.3 Å². The molecule has 0 saturated heterocycles. The van der Waals surface area contributed by atoms with Gasteiger partial charge in [-0.2, -0.15) is 0 Å². The number of carboxylic acid groups (broad SMARTS) is 2. The lowest BCUT2D eigenvalue weighted by Gasteiger charge is -2.39. The monoisotopic (exact) mass is 567 g/mol. The molecule has 1 aliphatic carbocycles. The van der Waals surface area contributed by atoms with Gasteiger partial charge < -0.3 is 25.3 Å². The maximum Gasteiger partial charge on any atom is 0.340 e. The molecule has 1 aliphatic rings. The Hall–Kier alpha value is -4.55. The lowest BCUT2D eigenvalue weighted by molar-refractivity contribution is -0.140. The van der Waals surface area contributed by atoms with E-state index in [0.717, 1.165) is 32.1 Å². The van der Waals surface area contributed by atoms with Gasteiger partial charge in [0, 0.05) is 24.1 Å². The SMILES string of the molecule is CC(=O)N[C@](C)(c1cn(C(CC(=O)O)C(=O)Nc2ccc3c(C)c(CC(=O)O)c(=O)oc3c2)nn1)C1CCCCC1. The summed E-state index contributed by atoms with van der Waals surface area (Å²) in [7, 11) is 0. The quantitative estimate of drug-likeness (QED) is 0.265. The Morgan fingerprint density at radius 1 is 1.15 bits per heavy atom. The van der Waals surface area contributed by atoms with Gasteiger partial charge in [0.15, 0.2) is 0 Å². The second-order valence-corrected chi connectivity index (χ2v) is 10.7. The summed E-state index contributed by atoms with van der Waals surface area (Å²) in [6.45, 7) is 4.91. The number of carboxylic acids is 2. The van der Waals surface area contributed by atoms with Crippen LogP contribution in [0, 0.1) is 12.8 Å². The van der Waals surface area contributed by atoms with Gasteiger partial charge in [0.05, 0.1) is 30.1 Å². The molecule has 2 heterocycles. The summed E-state index contributed by atoms with van der Waals surface area (Å²) in [6.07, 6.45) is 5.35. The third-order valence-electron chi connectivity index (χ3n) is 7.77. The van der Waals surface area contributed by atoms with E-state index in [9.17, 15) is 29.1 Å². The van der Waals surface area contributed by atoms with Crippen LogP contribution in [-0.4, -0.2) is 49.0 Å². The van der Waals surface area contributed by atoms with Crippen LogP contribution in [0.1, 0.15) is 75.2 Å². The number of aromatic nitrogens is 3. The summed E-state index contributed by atoms with van der Waals surface area (Å²) >= 11 is 0. The predicted molar refractivity (Wildman–Crippen MR) is 146 cm³/mol. The number of hydrogen-bond donors (Lipinski definition) is 4. The molecule has 2 atom stereocenters. The Bertz CT molecular complexity index is 1550. The Morgan fingerprint density at radius 2 is 1.85 bits per heavy atom. The van der Waals surface area contributed by atoms with E-state index < -0.39 is 47.9 Å². The first-order chi connectivity index (χ1) is 19.4. The molecule has 41 heavy (non-hydrogen) atoms. The number of hydrogen-bond acceptors (Lipinski definition) is 8. The van der Waals surface area contributed by atoms with Crippen molar-refractivity contribution in [1.82, 2.24) is 20.3 Å². The van der Waals surface area contributed by atoms with Crippen molar-refractivity contribution < 1.29 is 33.8 Å². The van der Waals surface area contributed by atoms with Crippen LogP contribution >= 0.6 is 0 Å². The van der Waals surface area contributed by atoms with Crippen LogP contribution < -0.4 is 16.3 Å². The largest absolute Gasteiger partial charge is 0.481 e. The molecule has 1 aromatic carbocycles. The van der Waals surface area contributed by atoms with Gasteiger partial charge in [-0.15, -0.1) is 5.10 Å². The highest BCUT2D eigenvalue weighted by molar-refractivity contribution is 5.97. The Kier molecular flexibility index (Phi) is 8.55. The average molecular weight is 568 g/mol. The van der Waals surface area contributed by atoms with Crippen molar-refractivity contribution in [3.05, 3.63) is 51.6 Å². The molecule has 0 spiro atoms. The molecule has 218 valence electrons. The molecule has 4 N–H and O–H groups in total. The number of nitrogens with zero attached hydrogens (tertiary/aromatic N) is 3. The summed E-state index contributed by atoms with van der Waals surface area (Å²) in [6, 6.07) is 3.26. The van der Waals surface area contributed by atoms with Crippen molar-refractivity contribution >= 4 is 40.4 Å². The van der Waals surface area contributed by atoms with Crippen LogP contribution in [0.5, 0.6) is 0 Å². The normalized spacial score (nSPS) is 16.1. The first-order valence-electron chi connectivity index (χ1n) is 13.4. The summed E-state index contributed by atoms with van der Waals surface area (Å²) in [5, 5.41) is 33.1. The molecule has 2 amide bonds. The minimum Gasteiger partial charge on any atom is -0.481 e. The van der Waals surface area contributed by atoms with Crippen LogP contribution in [0.2, 0.25) is 0 Å². The molecular weight excluding hydrogens is 534 g/mol. The highest BCUT2D eigenvalue weighted by atomic mass is 16.4. The van der Waals surface area contributed by atoms with Gasteiger partial charge in [0.25, 0.3) is 0 Å². The molecule has 4 rings (SSSR count). The highest BCUT2D eigenvalue weighted by Crippen LogP contribution is 2.38. The van der Waals surface area contributed by atoms with Crippen LogP contribution in [0.4, 0.5) is 5.69 Å². The van der Waals surface area contributed by atoms with E-state index in [1.54, 1.807) is 19.1 Å². The lowest BCUT2D eigenvalue weighted by Crippen LogP contribution is -2.49. The zero-order valence-electron chi connectivity index (χ0n) is 23.1. The zero-order valence-corrected chi connectivity index (χ0v) is 23.1. The van der Waals surface area contributed by atoms with Crippen molar-refractivity contribution in [3.8, 4) is 0 Å². The lowest BCUT2D eigenvalue weighted by atomic mass is 9.74. The van der Waals surface area contributed by atoms with Crippen molar-refractivity contribution in [3.63, 3.8) is 0 Å². The summed E-state index contributed by atoms with van der Waals surface area (Å²) in [4.78, 5) is 60.7. The van der Waals surface area contributed by atoms with Crippen molar-refractivity contribution in [1.29, 1.82) is 0 Å². The Balaban J connectivity index is 1.63. The molecule has 0 aliphatic heterocycles. The molecule has 1 saturated carbocycles. The number of carbonyl (C=O) groups is 4. The fourth-order valence-electron chi connectivity index (χ4n) is 5.61. The standard InChI is InChI=1S/C28H33N5O8/c1-15-19-10-9-18(11-22(19)41-27(40)20(15)12-24(35)36)29-26(39)21(13-25(37)38)33-14-23(31-32-33)28(3,30-16(2)34)17-7-5-4-6-8-17/h9-11,14,17,21H,4-8,12-13H2,1-3H3,(H,29,39)(H,30,34)(H,35,36)(H,37,38)/t21?,28-/m0/s1.